The maximum absolute atomic E-state index is 13.1. The lowest BCUT2D eigenvalue weighted by atomic mass is 9.97. The molecule has 1 aliphatic rings. The van der Waals surface area contributed by atoms with E-state index in [0.717, 1.165) is 25.1 Å². The molecular weight excluding hydrogens is 375 g/mol. The SMILES string of the molecule is O=C(O)c1cccc(N2CCCC(c3nnc4ccc(C(F)(F)F)cn34)C2)n1. The Morgan fingerprint density at radius 1 is 1.18 bits per heavy atom. The zero-order valence-corrected chi connectivity index (χ0v) is 14.6. The highest BCUT2D eigenvalue weighted by atomic mass is 19.4. The number of nitrogens with zero attached hydrogens (tertiary/aromatic N) is 5. The van der Waals surface area contributed by atoms with Gasteiger partial charge in [0.25, 0.3) is 0 Å². The first-order chi connectivity index (χ1) is 13.3. The molecule has 4 rings (SSSR count). The lowest BCUT2D eigenvalue weighted by Crippen LogP contribution is -2.35. The molecule has 0 saturated carbocycles. The summed E-state index contributed by atoms with van der Waals surface area (Å²) in [5.41, 5.74) is -0.460. The van der Waals surface area contributed by atoms with Gasteiger partial charge in [0.1, 0.15) is 11.6 Å². The highest BCUT2D eigenvalue weighted by Gasteiger charge is 2.32. The Hall–Kier alpha value is -3.17. The van der Waals surface area contributed by atoms with Crippen molar-refractivity contribution in [2.45, 2.75) is 24.9 Å². The van der Waals surface area contributed by atoms with Crippen LogP contribution in [0.25, 0.3) is 5.65 Å². The third-order valence-corrected chi connectivity index (χ3v) is 4.82. The number of pyridine rings is 2. The lowest BCUT2D eigenvalue weighted by molar-refractivity contribution is -0.137. The normalized spacial score (nSPS) is 17.8. The summed E-state index contributed by atoms with van der Waals surface area (Å²) < 4.78 is 40.6. The number of rotatable bonds is 3. The van der Waals surface area contributed by atoms with Crippen molar-refractivity contribution < 1.29 is 23.1 Å². The number of hydrogen-bond acceptors (Lipinski definition) is 5. The molecule has 4 heterocycles. The van der Waals surface area contributed by atoms with Gasteiger partial charge in [-0.25, -0.2) is 9.78 Å². The van der Waals surface area contributed by atoms with E-state index in [4.69, 9.17) is 5.11 Å². The van der Waals surface area contributed by atoms with Gasteiger partial charge in [-0.2, -0.15) is 13.2 Å². The summed E-state index contributed by atoms with van der Waals surface area (Å²) in [5.74, 6) is -0.282. The number of carbonyl (C=O) groups is 1. The second-order valence-corrected chi connectivity index (χ2v) is 6.67. The lowest BCUT2D eigenvalue weighted by Gasteiger charge is -2.33. The van der Waals surface area contributed by atoms with Crippen molar-refractivity contribution in [2.75, 3.05) is 18.0 Å². The summed E-state index contributed by atoms with van der Waals surface area (Å²) in [6.07, 6.45) is -1.91. The maximum atomic E-state index is 13.1. The molecule has 1 atom stereocenters. The molecule has 1 aliphatic heterocycles. The summed E-state index contributed by atoms with van der Waals surface area (Å²) in [7, 11) is 0. The number of hydrogen-bond donors (Lipinski definition) is 1. The standard InChI is InChI=1S/C18H16F3N5O2/c19-18(20,21)12-6-7-15-23-24-16(26(15)10-12)11-3-2-8-25(9-11)14-5-1-4-13(22-14)17(27)28/h1,4-7,10-11H,2-3,8-9H2,(H,27,28). The molecule has 28 heavy (non-hydrogen) atoms. The number of halogens is 3. The minimum atomic E-state index is -4.45. The number of fused-ring (bicyclic) bond motifs is 1. The fourth-order valence-corrected chi connectivity index (χ4v) is 3.47. The van der Waals surface area contributed by atoms with Crippen LogP contribution >= 0.6 is 0 Å². The summed E-state index contributed by atoms with van der Waals surface area (Å²) >= 11 is 0. The Balaban J connectivity index is 1.65. The highest BCUT2D eigenvalue weighted by molar-refractivity contribution is 5.85. The van der Waals surface area contributed by atoms with Gasteiger partial charge in [0.2, 0.25) is 0 Å². The number of aromatic carboxylic acids is 1. The number of piperidine rings is 1. The summed E-state index contributed by atoms with van der Waals surface area (Å²) in [6.45, 7) is 1.14. The second-order valence-electron chi connectivity index (χ2n) is 6.67. The number of anilines is 1. The van der Waals surface area contributed by atoms with E-state index >= 15 is 0 Å². The minimum absolute atomic E-state index is 0.0534. The molecule has 1 N–H and O–H groups in total. The van der Waals surface area contributed by atoms with Crippen molar-refractivity contribution in [3.05, 3.63) is 53.6 Å². The Morgan fingerprint density at radius 3 is 2.75 bits per heavy atom. The van der Waals surface area contributed by atoms with Gasteiger partial charge in [-0.05, 0) is 37.1 Å². The van der Waals surface area contributed by atoms with Gasteiger partial charge in [0.05, 0.1) is 5.56 Å². The van der Waals surface area contributed by atoms with Crippen LogP contribution < -0.4 is 4.90 Å². The number of aromatic nitrogens is 4. The van der Waals surface area contributed by atoms with Gasteiger partial charge in [-0.15, -0.1) is 10.2 Å². The van der Waals surface area contributed by atoms with Gasteiger partial charge in [-0.1, -0.05) is 6.07 Å². The van der Waals surface area contributed by atoms with Crippen LogP contribution in [-0.2, 0) is 6.18 Å². The first kappa shape index (κ1) is 18.2. The number of carboxylic acids is 1. The van der Waals surface area contributed by atoms with Crippen LogP contribution in [0.5, 0.6) is 0 Å². The molecule has 7 nitrogen and oxygen atoms in total. The van der Waals surface area contributed by atoms with Crippen molar-refractivity contribution in [1.29, 1.82) is 0 Å². The second kappa shape index (κ2) is 6.77. The fourth-order valence-electron chi connectivity index (χ4n) is 3.47. The van der Waals surface area contributed by atoms with Crippen molar-refractivity contribution >= 4 is 17.4 Å². The summed E-state index contributed by atoms with van der Waals surface area (Å²) in [5, 5.41) is 17.2. The van der Waals surface area contributed by atoms with E-state index in [1.807, 2.05) is 4.90 Å². The van der Waals surface area contributed by atoms with E-state index in [2.05, 4.69) is 15.2 Å². The zero-order valence-electron chi connectivity index (χ0n) is 14.6. The van der Waals surface area contributed by atoms with E-state index in [0.29, 0.717) is 30.4 Å². The third-order valence-electron chi connectivity index (χ3n) is 4.82. The Bertz CT molecular complexity index is 1030. The van der Waals surface area contributed by atoms with E-state index < -0.39 is 17.7 Å². The smallest absolute Gasteiger partial charge is 0.417 e. The Kier molecular flexibility index (Phi) is 4.40. The predicted molar refractivity (Wildman–Crippen MR) is 93.4 cm³/mol. The molecule has 0 radical (unpaired) electrons. The van der Waals surface area contributed by atoms with Gasteiger partial charge >= 0.3 is 12.1 Å². The van der Waals surface area contributed by atoms with Crippen LogP contribution in [-0.4, -0.2) is 43.7 Å². The molecule has 1 saturated heterocycles. The molecule has 0 aliphatic carbocycles. The van der Waals surface area contributed by atoms with Gasteiger partial charge < -0.3 is 10.0 Å². The summed E-state index contributed by atoms with van der Waals surface area (Å²) in [6, 6.07) is 7.05. The van der Waals surface area contributed by atoms with E-state index in [1.54, 1.807) is 12.1 Å². The molecular formula is C18H16F3N5O2. The number of alkyl halides is 3. The average molecular weight is 391 g/mol. The third kappa shape index (κ3) is 3.37. The van der Waals surface area contributed by atoms with Crippen molar-refractivity contribution in [3.8, 4) is 0 Å². The average Bonchev–Trinajstić information content (AvgIpc) is 3.11. The molecule has 3 aromatic rings. The Morgan fingerprint density at radius 2 is 2.00 bits per heavy atom. The first-order valence-electron chi connectivity index (χ1n) is 8.70. The molecule has 1 fully saturated rings. The predicted octanol–water partition coefficient (Wildman–Crippen LogP) is 3.23. The van der Waals surface area contributed by atoms with Crippen LogP contribution in [0.3, 0.4) is 0 Å². The molecule has 1 unspecified atom stereocenters. The largest absolute Gasteiger partial charge is 0.477 e. The molecule has 3 aromatic heterocycles. The van der Waals surface area contributed by atoms with Gasteiger partial charge in [-0.3, -0.25) is 4.40 Å². The Labute approximate surface area is 157 Å². The van der Waals surface area contributed by atoms with Crippen molar-refractivity contribution in [2.24, 2.45) is 0 Å². The zero-order chi connectivity index (χ0) is 19.9. The fraction of sp³-hybridized carbons (Fsp3) is 0.333. The molecule has 146 valence electrons. The first-order valence-corrected chi connectivity index (χ1v) is 8.70. The molecule has 10 heteroatoms. The topological polar surface area (TPSA) is 83.6 Å². The minimum Gasteiger partial charge on any atom is -0.477 e. The van der Waals surface area contributed by atoms with Crippen molar-refractivity contribution in [3.63, 3.8) is 0 Å². The molecule has 0 aromatic carbocycles. The van der Waals surface area contributed by atoms with Crippen LogP contribution in [0.15, 0.2) is 36.5 Å². The number of carboxylic acid groups (broad SMARTS) is 1. The maximum Gasteiger partial charge on any atom is 0.417 e. The van der Waals surface area contributed by atoms with Gasteiger partial charge in [0, 0.05) is 25.2 Å². The van der Waals surface area contributed by atoms with Crippen molar-refractivity contribution in [1.82, 2.24) is 19.6 Å². The molecule has 0 amide bonds. The molecule has 0 spiro atoms. The summed E-state index contributed by atoms with van der Waals surface area (Å²) in [4.78, 5) is 17.2. The van der Waals surface area contributed by atoms with Gasteiger partial charge in [0.15, 0.2) is 11.3 Å². The van der Waals surface area contributed by atoms with E-state index in [1.165, 1.54) is 16.5 Å². The van der Waals surface area contributed by atoms with E-state index in [9.17, 15) is 18.0 Å². The molecule has 0 bridgehead atoms. The van der Waals surface area contributed by atoms with E-state index in [-0.39, 0.29) is 11.6 Å². The monoisotopic (exact) mass is 391 g/mol. The van der Waals surface area contributed by atoms with Crippen LogP contribution in [0, 0.1) is 0 Å². The van der Waals surface area contributed by atoms with Crippen LogP contribution in [0.4, 0.5) is 19.0 Å². The van der Waals surface area contributed by atoms with Crippen LogP contribution in [0.2, 0.25) is 0 Å². The van der Waals surface area contributed by atoms with Crippen LogP contribution in [0.1, 0.15) is 40.6 Å². The highest BCUT2D eigenvalue weighted by Crippen LogP contribution is 2.32. The quantitative estimate of drug-likeness (QED) is 0.738.